The first-order chi connectivity index (χ1) is 8.84. The second-order valence-electron chi connectivity index (χ2n) is 4.75. The average Bonchev–Trinajstić information content (AvgIpc) is 2.74. The van der Waals surface area contributed by atoms with Crippen molar-refractivity contribution in [2.45, 2.75) is 40.3 Å². The summed E-state index contributed by atoms with van der Waals surface area (Å²) >= 11 is 0. The smallest absolute Gasteiger partial charge is 0.334 e. The van der Waals surface area contributed by atoms with Crippen molar-refractivity contribution in [2.24, 2.45) is 0 Å². The summed E-state index contributed by atoms with van der Waals surface area (Å²) in [6.07, 6.45) is 0. The van der Waals surface area contributed by atoms with E-state index < -0.39 is 17.8 Å². The highest BCUT2D eigenvalue weighted by molar-refractivity contribution is 6.44. The van der Waals surface area contributed by atoms with Gasteiger partial charge in [-0.2, -0.15) is 0 Å². The summed E-state index contributed by atoms with van der Waals surface area (Å²) in [6.45, 7) is 6.79. The van der Waals surface area contributed by atoms with E-state index in [1.807, 2.05) is 0 Å². The van der Waals surface area contributed by atoms with Crippen LogP contribution >= 0.6 is 0 Å². The Kier molecular flexibility index (Phi) is 3.13. The Hall–Kier alpha value is -2.18. The zero-order valence-electron chi connectivity index (χ0n) is 11.3. The standard InChI is InChI=1S/C12H15N3O4/c1-6(2)15-11(17)10(16)14(12(15)18)5-9-7(3)13-19-8(9)4/h6H,5H2,1-4H3. The fraction of sp³-hybridized carbons (Fsp3) is 0.500. The summed E-state index contributed by atoms with van der Waals surface area (Å²) in [6, 6.07) is -0.941. The highest BCUT2D eigenvalue weighted by atomic mass is 16.5. The molecule has 1 aromatic heterocycles. The molecular formula is C12H15N3O4. The van der Waals surface area contributed by atoms with Crippen molar-refractivity contribution in [1.82, 2.24) is 15.0 Å². The van der Waals surface area contributed by atoms with Crippen LogP contribution in [-0.2, 0) is 16.1 Å². The Morgan fingerprint density at radius 2 is 1.79 bits per heavy atom. The molecule has 1 fully saturated rings. The fourth-order valence-corrected chi connectivity index (χ4v) is 2.00. The van der Waals surface area contributed by atoms with Gasteiger partial charge in [0.1, 0.15) is 5.76 Å². The van der Waals surface area contributed by atoms with E-state index in [2.05, 4.69) is 5.16 Å². The van der Waals surface area contributed by atoms with Gasteiger partial charge in [0.2, 0.25) is 0 Å². The molecule has 7 heteroatoms. The van der Waals surface area contributed by atoms with Gasteiger partial charge in [0.05, 0.1) is 12.2 Å². The first-order valence-corrected chi connectivity index (χ1v) is 5.95. The predicted octanol–water partition coefficient (Wildman–Crippen LogP) is 0.991. The van der Waals surface area contributed by atoms with E-state index in [0.29, 0.717) is 17.0 Å². The van der Waals surface area contributed by atoms with Gasteiger partial charge in [-0.1, -0.05) is 5.16 Å². The van der Waals surface area contributed by atoms with Crippen molar-refractivity contribution in [3.63, 3.8) is 0 Å². The third kappa shape index (κ3) is 2.00. The Balaban J connectivity index is 2.29. The van der Waals surface area contributed by atoms with Crippen LogP contribution in [0.15, 0.2) is 4.52 Å². The fourth-order valence-electron chi connectivity index (χ4n) is 2.00. The molecule has 0 radical (unpaired) electrons. The molecule has 7 nitrogen and oxygen atoms in total. The Labute approximate surface area is 110 Å². The molecule has 1 aliphatic rings. The lowest BCUT2D eigenvalue weighted by atomic mass is 10.2. The lowest BCUT2D eigenvalue weighted by molar-refractivity contribution is -0.144. The number of aryl methyl sites for hydroxylation is 2. The normalized spacial score (nSPS) is 16.2. The molecule has 0 aliphatic carbocycles. The van der Waals surface area contributed by atoms with Crippen molar-refractivity contribution in [3.05, 3.63) is 17.0 Å². The molecule has 0 saturated carbocycles. The molecule has 102 valence electrons. The molecule has 1 aliphatic heterocycles. The van der Waals surface area contributed by atoms with Crippen LogP contribution in [0.2, 0.25) is 0 Å². The number of hydrogen-bond donors (Lipinski definition) is 0. The molecule has 0 aromatic carbocycles. The van der Waals surface area contributed by atoms with E-state index in [-0.39, 0.29) is 12.6 Å². The van der Waals surface area contributed by atoms with Crippen LogP contribution in [0.1, 0.15) is 30.9 Å². The van der Waals surface area contributed by atoms with Crippen LogP contribution in [0.5, 0.6) is 0 Å². The predicted molar refractivity (Wildman–Crippen MR) is 63.9 cm³/mol. The second kappa shape index (κ2) is 4.49. The van der Waals surface area contributed by atoms with Gasteiger partial charge >= 0.3 is 17.8 Å². The summed E-state index contributed by atoms with van der Waals surface area (Å²) in [7, 11) is 0. The van der Waals surface area contributed by atoms with Gasteiger partial charge in [0.15, 0.2) is 0 Å². The molecule has 0 N–H and O–H groups in total. The number of nitrogens with zero attached hydrogens (tertiary/aromatic N) is 3. The van der Waals surface area contributed by atoms with Crippen molar-refractivity contribution >= 4 is 17.8 Å². The lowest BCUT2D eigenvalue weighted by Gasteiger charge is -2.18. The number of aromatic nitrogens is 1. The van der Waals surface area contributed by atoms with Gasteiger partial charge in [-0.05, 0) is 27.7 Å². The lowest BCUT2D eigenvalue weighted by Crippen LogP contribution is -2.38. The van der Waals surface area contributed by atoms with Crippen LogP contribution in [0, 0.1) is 13.8 Å². The highest BCUT2D eigenvalue weighted by Crippen LogP contribution is 2.21. The summed E-state index contributed by atoms with van der Waals surface area (Å²) in [4.78, 5) is 37.5. The molecule has 19 heavy (non-hydrogen) atoms. The molecule has 4 amide bonds. The summed E-state index contributed by atoms with van der Waals surface area (Å²) in [5.41, 5.74) is 1.26. The van der Waals surface area contributed by atoms with Crippen LogP contribution in [-0.4, -0.2) is 38.8 Å². The van der Waals surface area contributed by atoms with Gasteiger partial charge in [-0.3, -0.25) is 19.4 Å². The van der Waals surface area contributed by atoms with Crippen LogP contribution in [0.25, 0.3) is 0 Å². The molecular weight excluding hydrogens is 250 g/mol. The molecule has 1 saturated heterocycles. The number of urea groups is 1. The van der Waals surface area contributed by atoms with E-state index >= 15 is 0 Å². The van der Waals surface area contributed by atoms with Crippen LogP contribution < -0.4 is 0 Å². The topological polar surface area (TPSA) is 83.7 Å². The summed E-state index contributed by atoms with van der Waals surface area (Å²) in [5, 5.41) is 3.76. The van der Waals surface area contributed by atoms with Gasteiger partial charge < -0.3 is 4.52 Å². The van der Waals surface area contributed by atoms with E-state index in [1.54, 1.807) is 27.7 Å². The maximum Gasteiger partial charge on any atom is 0.334 e. The maximum atomic E-state index is 12.1. The number of rotatable bonds is 3. The Morgan fingerprint density at radius 3 is 2.21 bits per heavy atom. The molecule has 0 bridgehead atoms. The van der Waals surface area contributed by atoms with E-state index in [0.717, 1.165) is 9.80 Å². The van der Waals surface area contributed by atoms with Gasteiger partial charge in [0.25, 0.3) is 0 Å². The number of amides is 4. The Bertz CT molecular complexity index is 542. The average molecular weight is 265 g/mol. The molecule has 0 atom stereocenters. The summed E-state index contributed by atoms with van der Waals surface area (Å²) in [5.74, 6) is -1.06. The van der Waals surface area contributed by atoms with Crippen molar-refractivity contribution in [3.8, 4) is 0 Å². The minimum absolute atomic E-state index is 0.00773. The van der Waals surface area contributed by atoms with E-state index in [1.165, 1.54) is 0 Å². The summed E-state index contributed by atoms with van der Waals surface area (Å²) < 4.78 is 4.98. The third-order valence-corrected chi connectivity index (χ3v) is 3.10. The zero-order valence-corrected chi connectivity index (χ0v) is 11.3. The highest BCUT2D eigenvalue weighted by Gasteiger charge is 2.45. The van der Waals surface area contributed by atoms with Crippen LogP contribution in [0.3, 0.4) is 0 Å². The molecule has 0 unspecified atom stereocenters. The molecule has 2 heterocycles. The third-order valence-electron chi connectivity index (χ3n) is 3.10. The number of carbonyl (C=O) groups is 3. The Morgan fingerprint density at radius 1 is 1.16 bits per heavy atom. The number of carbonyl (C=O) groups excluding carboxylic acids is 3. The van der Waals surface area contributed by atoms with Gasteiger partial charge in [-0.15, -0.1) is 0 Å². The number of hydrogen-bond acceptors (Lipinski definition) is 5. The van der Waals surface area contributed by atoms with Gasteiger partial charge in [-0.25, -0.2) is 4.79 Å². The van der Waals surface area contributed by atoms with Gasteiger partial charge in [0, 0.05) is 11.6 Å². The van der Waals surface area contributed by atoms with E-state index in [4.69, 9.17) is 4.52 Å². The minimum atomic E-state index is -0.807. The largest absolute Gasteiger partial charge is 0.361 e. The van der Waals surface area contributed by atoms with E-state index in [9.17, 15) is 14.4 Å². The molecule has 2 rings (SSSR count). The minimum Gasteiger partial charge on any atom is -0.361 e. The first-order valence-electron chi connectivity index (χ1n) is 5.95. The first kappa shape index (κ1) is 13.3. The van der Waals surface area contributed by atoms with Crippen molar-refractivity contribution < 1.29 is 18.9 Å². The molecule has 1 aromatic rings. The maximum absolute atomic E-state index is 12.1. The zero-order chi connectivity index (χ0) is 14.3. The monoisotopic (exact) mass is 265 g/mol. The quantitative estimate of drug-likeness (QED) is 0.601. The SMILES string of the molecule is Cc1noc(C)c1CN1C(=O)C(=O)N(C(C)C)C1=O. The number of imide groups is 2. The second-order valence-corrected chi connectivity index (χ2v) is 4.75. The van der Waals surface area contributed by atoms with Crippen LogP contribution in [0.4, 0.5) is 4.79 Å². The molecule has 0 spiro atoms. The van der Waals surface area contributed by atoms with Crippen molar-refractivity contribution in [2.75, 3.05) is 0 Å². The van der Waals surface area contributed by atoms with Crippen molar-refractivity contribution in [1.29, 1.82) is 0 Å².